The van der Waals surface area contributed by atoms with Gasteiger partial charge in [-0.2, -0.15) is 0 Å². The van der Waals surface area contributed by atoms with E-state index in [1.165, 1.54) is 11.0 Å². The third kappa shape index (κ3) is 5.79. The largest absolute Gasteiger partial charge is 0.497 e. The van der Waals surface area contributed by atoms with Crippen molar-refractivity contribution in [2.24, 2.45) is 23.7 Å². The van der Waals surface area contributed by atoms with Crippen LogP contribution in [0.4, 0.5) is 5.69 Å². The summed E-state index contributed by atoms with van der Waals surface area (Å²) in [6.45, 7) is -0.349. The smallest absolute Gasteiger partial charge is 0.238 e. The van der Waals surface area contributed by atoms with Gasteiger partial charge in [0.1, 0.15) is 29.6 Å². The SMILES string of the molecule is COc1ccc(OC)c(C=Cc2ccc(N3C(=O)C4CC=C5C(CC6C(=O)C(c7ccccc7)=CC(=O)C6(c6ccccc6)C5c5ccc(CO)o5)C4C3=O)cc2)c1. The van der Waals surface area contributed by atoms with E-state index in [2.05, 4.69) is 0 Å². The number of aliphatic hydroxyl groups is 1. The fraction of sp³-hybridized carbons (Fsp3) is 0.224. The molecule has 4 aromatic carbocycles. The molecule has 0 bridgehead atoms. The Labute approximate surface area is 335 Å². The summed E-state index contributed by atoms with van der Waals surface area (Å²) < 4.78 is 17.2. The zero-order valence-electron chi connectivity index (χ0n) is 32.0. The van der Waals surface area contributed by atoms with Crippen LogP contribution in [0.3, 0.4) is 0 Å². The lowest BCUT2D eigenvalue weighted by Crippen LogP contribution is -2.58. The van der Waals surface area contributed by atoms with Gasteiger partial charge in [-0.1, -0.05) is 96.6 Å². The molecule has 6 atom stereocenters. The summed E-state index contributed by atoms with van der Waals surface area (Å²) in [5, 5.41) is 10.1. The predicted molar refractivity (Wildman–Crippen MR) is 219 cm³/mol. The number of ketones is 2. The molecule has 0 radical (unpaired) electrons. The highest BCUT2D eigenvalue weighted by molar-refractivity contribution is 6.32. The number of methoxy groups -OCH3 is 2. The first-order chi connectivity index (χ1) is 28.3. The molecule has 290 valence electrons. The molecule has 4 aliphatic rings. The Bertz CT molecular complexity index is 2530. The van der Waals surface area contributed by atoms with Crippen molar-refractivity contribution in [3.05, 3.63) is 167 Å². The van der Waals surface area contributed by atoms with Crippen LogP contribution in [0.15, 0.2) is 137 Å². The molecule has 1 N–H and O–H groups in total. The lowest BCUT2D eigenvalue weighted by molar-refractivity contribution is -0.135. The number of benzene rings is 4. The molecule has 1 saturated carbocycles. The van der Waals surface area contributed by atoms with Crippen molar-refractivity contribution < 1.29 is 38.2 Å². The number of Topliss-reactive ketones (excluding diaryl/α,β-unsaturated/α-hetero) is 1. The van der Waals surface area contributed by atoms with Crippen LogP contribution in [-0.2, 0) is 31.2 Å². The van der Waals surface area contributed by atoms with Gasteiger partial charge in [0.05, 0.1) is 43.1 Å². The topological polar surface area (TPSA) is 123 Å². The average molecular weight is 772 g/mol. The fourth-order valence-corrected chi connectivity index (χ4v) is 9.96. The second-order valence-electron chi connectivity index (χ2n) is 15.3. The van der Waals surface area contributed by atoms with E-state index >= 15 is 9.59 Å². The number of amides is 2. The number of fused-ring (bicyclic) bond motifs is 4. The van der Waals surface area contributed by atoms with E-state index < -0.39 is 35.0 Å². The minimum Gasteiger partial charge on any atom is -0.497 e. The zero-order chi connectivity index (χ0) is 40.1. The van der Waals surface area contributed by atoms with Crippen molar-refractivity contribution in [3.8, 4) is 11.5 Å². The van der Waals surface area contributed by atoms with Gasteiger partial charge in [-0.3, -0.25) is 24.1 Å². The Hall–Kier alpha value is -6.58. The first-order valence-electron chi connectivity index (χ1n) is 19.5. The van der Waals surface area contributed by atoms with Crippen molar-refractivity contribution in [1.82, 2.24) is 0 Å². The number of aliphatic hydroxyl groups excluding tert-OH is 1. The molecule has 0 spiro atoms. The number of nitrogens with zero attached hydrogens (tertiary/aromatic N) is 1. The number of hydrogen-bond donors (Lipinski definition) is 1. The van der Waals surface area contributed by atoms with E-state index in [1.807, 2.05) is 109 Å². The van der Waals surface area contributed by atoms with Gasteiger partial charge in [-0.25, -0.2) is 0 Å². The van der Waals surface area contributed by atoms with Crippen molar-refractivity contribution in [2.45, 2.75) is 30.8 Å². The van der Waals surface area contributed by atoms with Crippen LogP contribution in [0, 0.1) is 23.7 Å². The van der Waals surface area contributed by atoms with Crippen molar-refractivity contribution in [3.63, 3.8) is 0 Å². The number of allylic oxidation sites excluding steroid dienone is 4. The minimum atomic E-state index is -1.40. The van der Waals surface area contributed by atoms with E-state index in [0.717, 1.165) is 16.7 Å². The second-order valence-corrected chi connectivity index (χ2v) is 15.3. The minimum absolute atomic E-state index is 0.186. The molecule has 58 heavy (non-hydrogen) atoms. The van der Waals surface area contributed by atoms with Gasteiger partial charge in [0.15, 0.2) is 11.6 Å². The summed E-state index contributed by atoms with van der Waals surface area (Å²) in [4.78, 5) is 60.6. The molecule has 2 fully saturated rings. The summed E-state index contributed by atoms with van der Waals surface area (Å²) >= 11 is 0. The number of carbonyl (C=O) groups is 4. The normalized spacial score (nSPS) is 25.2. The highest BCUT2D eigenvalue weighted by Crippen LogP contribution is 2.64. The number of imide groups is 1. The third-order valence-corrected chi connectivity index (χ3v) is 12.5. The second kappa shape index (κ2) is 14.7. The van der Waals surface area contributed by atoms with E-state index in [-0.39, 0.29) is 42.8 Å². The maximum absolute atomic E-state index is 15.1. The van der Waals surface area contributed by atoms with Gasteiger partial charge in [0, 0.05) is 17.1 Å². The Balaban J connectivity index is 1.11. The van der Waals surface area contributed by atoms with E-state index in [9.17, 15) is 14.7 Å². The standard InChI is InChI=1S/C49H41NO8/c1-56-34-19-23-41(57-2)31(25-34)16-13-29-14-17-33(18-15-29)50-47(54)37-22-21-36-39(44(37)48(50)55)26-40-46(53)38(30-9-5-3-6-10-30)27-43(52)49(40,32-11-7-4-8-12-32)45(36)42-24-20-35(28-51)58-42/h3-21,23-25,27,37,39-40,44-45,51H,22,26,28H2,1-2H3. The highest BCUT2D eigenvalue weighted by Gasteiger charge is 2.66. The van der Waals surface area contributed by atoms with Crippen LogP contribution in [0.2, 0.25) is 0 Å². The van der Waals surface area contributed by atoms with Gasteiger partial charge in [0.2, 0.25) is 11.8 Å². The van der Waals surface area contributed by atoms with Gasteiger partial charge in [-0.05, 0) is 84.0 Å². The molecular formula is C49H41NO8. The maximum Gasteiger partial charge on any atom is 0.238 e. The average Bonchev–Trinajstić information content (AvgIpc) is 3.85. The zero-order valence-corrected chi connectivity index (χ0v) is 32.0. The molecule has 6 unspecified atom stereocenters. The number of ether oxygens (including phenoxy) is 2. The molecule has 9 nitrogen and oxygen atoms in total. The Morgan fingerprint density at radius 2 is 1.55 bits per heavy atom. The molecule has 1 aliphatic heterocycles. The highest BCUT2D eigenvalue weighted by atomic mass is 16.5. The molecular weight excluding hydrogens is 731 g/mol. The Kier molecular flexibility index (Phi) is 9.41. The summed E-state index contributed by atoms with van der Waals surface area (Å²) in [6.07, 6.45) is 7.79. The third-order valence-electron chi connectivity index (χ3n) is 12.5. The molecule has 2 amide bonds. The molecule has 1 aromatic heterocycles. The summed E-state index contributed by atoms with van der Waals surface area (Å²) in [7, 11) is 3.21. The predicted octanol–water partition coefficient (Wildman–Crippen LogP) is 7.99. The van der Waals surface area contributed by atoms with Crippen LogP contribution in [0.25, 0.3) is 17.7 Å². The van der Waals surface area contributed by atoms with Crippen LogP contribution >= 0.6 is 0 Å². The molecule has 3 aliphatic carbocycles. The molecule has 9 heteroatoms. The van der Waals surface area contributed by atoms with Crippen molar-refractivity contribution in [2.75, 3.05) is 19.1 Å². The van der Waals surface area contributed by atoms with Crippen LogP contribution in [0.1, 0.15) is 52.5 Å². The number of rotatable bonds is 9. The lowest BCUT2D eigenvalue weighted by Gasteiger charge is -2.54. The van der Waals surface area contributed by atoms with E-state index in [1.54, 1.807) is 38.5 Å². The fourth-order valence-electron chi connectivity index (χ4n) is 9.96. The quantitative estimate of drug-likeness (QED) is 0.0910. The molecule has 5 aromatic rings. The van der Waals surface area contributed by atoms with E-state index in [0.29, 0.717) is 45.4 Å². The summed E-state index contributed by atoms with van der Waals surface area (Å²) in [5.41, 5.74) is 3.18. The number of hydrogen-bond acceptors (Lipinski definition) is 8. The number of carbonyl (C=O) groups excluding carboxylic acids is 4. The summed E-state index contributed by atoms with van der Waals surface area (Å²) in [5.74, 6) is -2.52. The maximum atomic E-state index is 15.1. The number of anilines is 1. The number of furan rings is 1. The van der Waals surface area contributed by atoms with Gasteiger partial charge >= 0.3 is 0 Å². The van der Waals surface area contributed by atoms with Crippen molar-refractivity contribution in [1.29, 1.82) is 0 Å². The molecule has 1 saturated heterocycles. The Morgan fingerprint density at radius 3 is 2.24 bits per heavy atom. The van der Waals surface area contributed by atoms with E-state index in [4.69, 9.17) is 13.9 Å². The Morgan fingerprint density at radius 1 is 0.810 bits per heavy atom. The monoisotopic (exact) mass is 771 g/mol. The van der Waals surface area contributed by atoms with Crippen LogP contribution < -0.4 is 14.4 Å². The molecule has 9 rings (SSSR count). The van der Waals surface area contributed by atoms with Crippen LogP contribution in [-0.4, -0.2) is 42.7 Å². The van der Waals surface area contributed by atoms with Crippen LogP contribution in [0.5, 0.6) is 11.5 Å². The van der Waals surface area contributed by atoms with Gasteiger partial charge in [-0.15, -0.1) is 0 Å². The van der Waals surface area contributed by atoms with Gasteiger partial charge in [0.25, 0.3) is 0 Å². The van der Waals surface area contributed by atoms with Gasteiger partial charge < -0.3 is 19.0 Å². The first-order valence-corrected chi connectivity index (χ1v) is 19.5. The van der Waals surface area contributed by atoms with Crippen molar-refractivity contribution >= 4 is 46.8 Å². The summed E-state index contributed by atoms with van der Waals surface area (Å²) in [6, 6.07) is 34.8. The lowest BCUT2D eigenvalue weighted by atomic mass is 9.45. The first kappa shape index (κ1) is 37.0. The molecule has 2 heterocycles.